The fourth-order valence-electron chi connectivity index (χ4n) is 3.03. The van der Waals surface area contributed by atoms with E-state index >= 15 is 0 Å². The summed E-state index contributed by atoms with van der Waals surface area (Å²) in [4.78, 5) is 24.4. The number of carboxylic acids is 1. The highest BCUT2D eigenvalue weighted by Gasteiger charge is 2.31. The number of carbonyl (C=O) groups is 2. The number of carbonyl (C=O) groups excluding carboxylic acids is 1. The smallest absolute Gasteiger partial charge is 0.303 e. The van der Waals surface area contributed by atoms with Gasteiger partial charge in [0.25, 0.3) is 0 Å². The number of aliphatic hydroxyl groups excluding tert-OH is 1. The number of hydrogen-bond acceptors (Lipinski definition) is 4. The topological polar surface area (TPSA) is 77.8 Å². The Morgan fingerprint density at radius 3 is 2.67 bits per heavy atom. The number of thioether (sulfide) groups is 1. The van der Waals surface area contributed by atoms with Crippen molar-refractivity contribution < 1.29 is 19.8 Å². The molecule has 140 valence electrons. The van der Waals surface area contributed by atoms with E-state index < -0.39 is 5.97 Å². The van der Waals surface area contributed by atoms with E-state index in [0.717, 1.165) is 51.5 Å². The SMILES string of the molecule is CCCCCC(O)CCC1SCC(=O)N1CCCCCCC(=O)O. The third-order valence-corrected chi connectivity index (χ3v) is 5.78. The van der Waals surface area contributed by atoms with Gasteiger partial charge in [-0.05, 0) is 32.1 Å². The highest BCUT2D eigenvalue weighted by molar-refractivity contribution is 8.00. The Bertz CT molecular complexity index is 378. The first-order valence-electron chi connectivity index (χ1n) is 9.35. The number of unbranched alkanes of at least 4 members (excludes halogenated alkanes) is 5. The van der Waals surface area contributed by atoms with E-state index in [1.165, 1.54) is 12.8 Å². The summed E-state index contributed by atoms with van der Waals surface area (Å²) in [5, 5.41) is 18.9. The summed E-state index contributed by atoms with van der Waals surface area (Å²) >= 11 is 1.69. The van der Waals surface area contributed by atoms with Crippen molar-refractivity contribution in [2.75, 3.05) is 12.3 Å². The molecule has 1 amide bonds. The van der Waals surface area contributed by atoms with Crippen LogP contribution in [0.25, 0.3) is 0 Å². The minimum absolute atomic E-state index is 0.205. The summed E-state index contributed by atoms with van der Waals surface area (Å²) in [6.07, 6.45) is 9.41. The molecule has 0 aromatic heterocycles. The lowest BCUT2D eigenvalue weighted by Crippen LogP contribution is -2.34. The van der Waals surface area contributed by atoms with Crippen LogP contribution in [-0.2, 0) is 9.59 Å². The lowest BCUT2D eigenvalue weighted by molar-refractivity contribution is -0.137. The van der Waals surface area contributed by atoms with Crippen LogP contribution in [0.5, 0.6) is 0 Å². The summed E-state index contributed by atoms with van der Waals surface area (Å²) in [5.74, 6) is 0.0185. The van der Waals surface area contributed by atoms with E-state index in [4.69, 9.17) is 5.11 Å². The fourth-order valence-corrected chi connectivity index (χ4v) is 4.24. The highest BCUT2D eigenvalue weighted by atomic mass is 32.2. The molecule has 1 fully saturated rings. The van der Waals surface area contributed by atoms with Gasteiger partial charge in [0, 0.05) is 13.0 Å². The largest absolute Gasteiger partial charge is 0.481 e. The molecule has 6 heteroatoms. The Morgan fingerprint density at radius 1 is 1.21 bits per heavy atom. The van der Waals surface area contributed by atoms with Gasteiger partial charge >= 0.3 is 5.97 Å². The Morgan fingerprint density at radius 2 is 1.96 bits per heavy atom. The first-order valence-corrected chi connectivity index (χ1v) is 10.4. The second kappa shape index (κ2) is 12.6. The molecule has 1 rings (SSSR count). The molecule has 0 radical (unpaired) electrons. The molecule has 0 aromatic carbocycles. The van der Waals surface area contributed by atoms with Crippen LogP contribution in [0.15, 0.2) is 0 Å². The van der Waals surface area contributed by atoms with Gasteiger partial charge in [0.2, 0.25) is 5.91 Å². The fraction of sp³-hybridized carbons (Fsp3) is 0.889. The predicted molar refractivity (Wildman–Crippen MR) is 98.1 cm³/mol. The molecule has 0 aliphatic carbocycles. The lowest BCUT2D eigenvalue weighted by atomic mass is 10.1. The van der Waals surface area contributed by atoms with Gasteiger partial charge < -0.3 is 15.1 Å². The number of aliphatic carboxylic acids is 1. The van der Waals surface area contributed by atoms with E-state index in [1.807, 2.05) is 4.90 Å². The summed E-state index contributed by atoms with van der Waals surface area (Å²) in [7, 11) is 0. The normalized spacial score (nSPS) is 19.0. The van der Waals surface area contributed by atoms with Gasteiger partial charge in [-0.1, -0.05) is 39.0 Å². The predicted octanol–water partition coefficient (Wildman–Crippen LogP) is 3.64. The van der Waals surface area contributed by atoms with Crippen LogP contribution in [0.3, 0.4) is 0 Å². The van der Waals surface area contributed by atoms with Gasteiger partial charge in [0.1, 0.15) is 0 Å². The molecule has 0 spiro atoms. The molecule has 0 aromatic rings. The maximum Gasteiger partial charge on any atom is 0.303 e. The molecule has 5 nitrogen and oxygen atoms in total. The Kier molecular flexibility index (Phi) is 11.2. The van der Waals surface area contributed by atoms with Crippen LogP contribution in [0.1, 0.15) is 77.6 Å². The molecule has 1 aliphatic rings. The van der Waals surface area contributed by atoms with Crippen molar-refractivity contribution in [1.82, 2.24) is 4.90 Å². The van der Waals surface area contributed by atoms with Gasteiger partial charge in [0.05, 0.1) is 17.2 Å². The quantitative estimate of drug-likeness (QED) is 0.463. The van der Waals surface area contributed by atoms with Crippen LogP contribution in [0.4, 0.5) is 0 Å². The van der Waals surface area contributed by atoms with E-state index in [9.17, 15) is 14.7 Å². The highest BCUT2D eigenvalue weighted by Crippen LogP contribution is 2.29. The van der Waals surface area contributed by atoms with Gasteiger partial charge in [-0.2, -0.15) is 0 Å². The van der Waals surface area contributed by atoms with Crippen molar-refractivity contribution in [2.45, 2.75) is 89.0 Å². The van der Waals surface area contributed by atoms with Crippen LogP contribution >= 0.6 is 11.8 Å². The summed E-state index contributed by atoms with van der Waals surface area (Å²) in [6, 6.07) is 0. The van der Waals surface area contributed by atoms with Crippen molar-refractivity contribution in [3.63, 3.8) is 0 Å². The monoisotopic (exact) mass is 359 g/mol. The zero-order chi connectivity index (χ0) is 17.8. The minimum atomic E-state index is -0.737. The summed E-state index contributed by atoms with van der Waals surface area (Å²) in [5.41, 5.74) is 0. The molecule has 24 heavy (non-hydrogen) atoms. The number of aliphatic hydroxyl groups is 1. The Balaban J connectivity index is 2.19. The average Bonchev–Trinajstić information content (AvgIpc) is 2.89. The molecule has 0 bridgehead atoms. The number of carboxylic acid groups (broad SMARTS) is 1. The first kappa shape index (κ1) is 21.3. The van der Waals surface area contributed by atoms with Gasteiger partial charge in [0.15, 0.2) is 0 Å². The molecular weight excluding hydrogens is 326 g/mol. The second-order valence-electron chi connectivity index (χ2n) is 6.64. The molecule has 2 unspecified atom stereocenters. The molecular formula is C18H33NO4S. The van der Waals surface area contributed by atoms with E-state index in [-0.39, 0.29) is 23.8 Å². The van der Waals surface area contributed by atoms with Crippen molar-refractivity contribution in [3.8, 4) is 0 Å². The molecule has 1 aliphatic heterocycles. The first-order chi connectivity index (χ1) is 11.5. The zero-order valence-corrected chi connectivity index (χ0v) is 15.7. The molecule has 1 saturated heterocycles. The number of amides is 1. The third kappa shape index (κ3) is 8.92. The van der Waals surface area contributed by atoms with Crippen LogP contribution in [0.2, 0.25) is 0 Å². The van der Waals surface area contributed by atoms with Crippen LogP contribution in [0, 0.1) is 0 Å². The van der Waals surface area contributed by atoms with Gasteiger partial charge in [-0.25, -0.2) is 0 Å². The summed E-state index contributed by atoms with van der Waals surface area (Å²) in [6.45, 7) is 2.92. The number of hydrogen-bond donors (Lipinski definition) is 2. The van der Waals surface area contributed by atoms with E-state index in [1.54, 1.807) is 11.8 Å². The van der Waals surface area contributed by atoms with Crippen molar-refractivity contribution in [3.05, 3.63) is 0 Å². The van der Waals surface area contributed by atoms with Crippen molar-refractivity contribution >= 4 is 23.6 Å². The van der Waals surface area contributed by atoms with Gasteiger partial charge in [-0.15, -0.1) is 11.8 Å². The lowest BCUT2D eigenvalue weighted by Gasteiger charge is -2.24. The Hall–Kier alpha value is -0.750. The third-order valence-electron chi connectivity index (χ3n) is 4.49. The second-order valence-corrected chi connectivity index (χ2v) is 7.80. The van der Waals surface area contributed by atoms with E-state index in [0.29, 0.717) is 12.2 Å². The number of rotatable bonds is 14. The van der Waals surface area contributed by atoms with Crippen molar-refractivity contribution in [2.24, 2.45) is 0 Å². The molecule has 0 saturated carbocycles. The maximum atomic E-state index is 12.0. The minimum Gasteiger partial charge on any atom is -0.481 e. The van der Waals surface area contributed by atoms with Crippen LogP contribution in [-0.4, -0.2) is 50.8 Å². The zero-order valence-electron chi connectivity index (χ0n) is 14.9. The maximum absolute atomic E-state index is 12.0. The molecule has 2 N–H and O–H groups in total. The van der Waals surface area contributed by atoms with E-state index in [2.05, 4.69) is 6.92 Å². The van der Waals surface area contributed by atoms with Gasteiger partial charge in [-0.3, -0.25) is 9.59 Å². The number of nitrogens with zero attached hydrogens (tertiary/aromatic N) is 1. The summed E-state index contributed by atoms with van der Waals surface area (Å²) < 4.78 is 0. The van der Waals surface area contributed by atoms with Crippen LogP contribution < -0.4 is 0 Å². The average molecular weight is 360 g/mol. The van der Waals surface area contributed by atoms with Crippen molar-refractivity contribution in [1.29, 1.82) is 0 Å². The molecule has 2 atom stereocenters. The Labute approximate surface area is 150 Å². The molecule has 1 heterocycles. The standard InChI is InChI=1S/C18H33NO4S/c1-2-3-6-9-15(20)11-12-17-19(16(21)14-24-17)13-8-5-4-7-10-18(22)23/h15,17,20H,2-14H2,1H3,(H,22,23).